The Morgan fingerprint density at radius 1 is 1.24 bits per heavy atom. The highest BCUT2D eigenvalue weighted by Crippen LogP contribution is 2.34. The molecule has 2 rings (SSSR count). The number of carbonyl (C=O) groups excluding carboxylic acids is 1. The number of benzene rings is 2. The number of anilines is 2. The lowest BCUT2D eigenvalue weighted by atomic mass is 10.2. The molecular weight excluding hydrogens is 423 g/mol. The summed E-state index contributed by atoms with van der Waals surface area (Å²) in [5.41, 5.74) is 7.28. The van der Waals surface area contributed by atoms with Crippen LogP contribution in [0.5, 0.6) is 5.75 Å². The van der Waals surface area contributed by atoms with Crippen molar-refractivity contribution in [2.75, 3.05) is 18.2 Å². The number of hydrogen-bond acceptors (Lipinski definition) is 3. The molecule has 0 bridgehead atoms. The van der Waals surface area contributed by atoms with Crippen molar-refractivity contribution in [1.82, 2.24) is 0 Å². The predicted octanol–water partition coefficient (Wildman–Crippen LogP) is 4.71. The molecule has 1 amide bonds. The van der Waals surface area contributed by atoms with E-state index >= 15 is 0 Å². The van der Waals surface area contributed by atoms with Gasteiger partial charge in [-0.1, -0.05) is 11.6 Å². The zero-order valence-electron chi connectivity index (χ0n) is 10.9. The molecule has 7 heteroatoms. The number of halogens is 3. The van der Waals surface area contributed by atoms with Gasteiger partial charge in [-0.3, -0.25) is 4.79 Å². The SMILES string of the molecule is COc1cc(Cl)ccc1C(=O)Nc1c(Br)cc(N)cc1Br. The van der Waals surface area contributed by atoms with Gasteiger partial charge in [-0.05, 0) is 62.2 Å². The van der Waals surface area contributed by atoms with Crippen molar-refractivity contribution in [3.8, 4) is 5.75 Å². The highest BCUT2D eigenvalue weighted by molar-refractivity contribution is 9.11. The van der Waals surface area contributed by atoms with E-state index in [4.69, 9.17) is 22.1 Å². The number of methoxy groups -OCH3 is 1. The Bertz CT molecular complexity index is 684. The third kappa shape index (κ3) is 3.70. The Balaban J connectivity index is 2.35. The molecular formula is C14H11Br2ClN2O2. The van der Waals surface area contributed by atoms with Gasteiger partial charge in [-0.25, -0.2) is 0 Å². The minimum Gasteiger partial charge on any atom is -0.496 e. The highest BCUT2D eigenvalue weighted by atomic mass is 79.9. The standard InChI is InChI=1S/C14H11Br2ClN2O2/c1-21-12-4-7(17)2-3-9(12)14(20)19-13-10(15)5-8(18)6-11(13)16/h2-6H,18H2,1H3,(H,19,20). The van der Waals surface area contributed by atoms with E-state index in [2.05, 4.69) is 37.2 Å². The van der Waals surface area contributed by atoms with Gasteiger partial charge in [0.05, 0.1) is 18.4 Å². The second kappa shape index (κ2) is 6.68. The summed E-state index contributed by atoms with van der Waals surface area (Å²) >= 11 is 12.6. The van der Waals surface area contributed by atoms with Gasteiger partial charge in [0, 0.05) is 19.7 Å². The van der Waals surface area contributed by atoms with E-state index in [1.54, 1.807) is 30.3 Å². The van der Waals surface area contributed by atoms with Crippen LogP contribution < -0.4 is 15.8 Å². The average molecular weight is 435 g/mol. The first kappa shape index (κ1) is 16.1. The highest BCUT2D eigenvalue weighted by Gasteiger charge is 2.16. The van der Waals surface area contributed by atoms with Crippen molar-refractivity contribution in [2.45, 2.75) is 0 Å². The van der Waals surface area contributed by atoms with Crippen LogP contribution in [-0.4, -0.2) is 13.0 Å². The summed E-state index contributed by atoms with van der Waals surface area (Å²) in [5.74, 6) is 0.0948. The lowest BCUT2D eigenvalue weighted by molar-refractivity contribution is 0.102. The number of rotatable bonds is 3. The van der Waals surface area contributed by atoms with E-state index in [9.17, 15) is 4.79 Å². The van der Waals surface area contributed by atoms with E-state index in [1.807, 2.05) is 0 Å². The molecule has 0 fully saturated rings. The number of ether oxygens (including phenoxy) is 1. The molecule has 4 nitrogen and oxygen atoms in total. The molecule has 0 spiro atoms. The molecule has 2 aromatic rings. The predicted molar refractivity (Wildman–Crippen MR) is 92.2 cm³/mol. The fourth-order valence-corrected chi connectivity index (χ4v) is 3.33. The lowest BCUT2D eigenvalue weighted by Crippen LogP contribution is -2.14. The Morgan fingerprint density at radius 3 is 2.43 bits per heavy atom. The van der Waals surface area contributed by atoms with Gasteiger partial charge in [-0.2, -0.15) is 0 Å². The molecule has 0 unspecified atom stereocenters. The van der Waals surface area contributed by atoms with Crippen molar-refractivity contribution < 1.29 is 9.53 Å². The van der Waals surface area contributed by atoms with Gasteiger partial charge >= 0.3 is 0 Å². The van der Waals surface area contributed by atoms with Crippen LogP contribution in [0.1, 0.15) is 10.4 Å². The Labute approximate surface area is 143 Å². The fraction of sp³-hybridized carbons (Fsp3) is 0.0714. The maximum absolute atomic E-state index is 12.4. The summed E-state index contributed by atoms with van der Waals surface area (Å²) in [5, 5.41) is 3.30. The molecule has 0 radical (unpaired) electrons. The second-order valence-corrected chi connectivity index (χ2v) is 6.30. The molecule has 0 atom stereocenters. The molecule has 0 aliphatic heterocycles. The normalized spacial score (nSPS) is 10.3. The van der Waals surface area contributed by atoms with Crippen molar-refractivity contribution in [1.29, 1.82) is 0 Å². The second-order valence-electron chi connectivity index (χ2n) is 4.16. The first-order valence-corrected chi connectivity index (χ1v) is 7.78. The van der Waals surface area contributed by atoms with Crippen molar-refractivity contribution in [2.24, 2.45) is 0 Å². The summed E-state index contributed by atoms with van der Waals surface area (Å²) in [6, 6.07) is 8.24. The summed E-state index contributed by atoms with van der Waals surface area (Å²) < 4.78 is 6.53. The van der Waals surface area contributed by atoms with Gasteiger partial charge < -0.3 is 15.8 Å². The smallest absolute Gasteiger partial charge is 0.259 e. The first-order chi connectivity index (χ1) is 9.92. The van der Waals surface area contributed by atoms with E-state index in [0.29, 0.717) is 36.7 Å². The number of nitrogens with one attached hydrogen (secondary N) is 1. The van der Waals surface area contributed by atoms with Crippen LogP contribution in [0.15, 0.2) is 39.3 Å². The number of nitrogen functional groups attached to an aromatic ring is 1. The fourth-order valence-electron chi connectivity index (χ4n) is 1.75. The molecule has 0 aliphatic carbocycles. The largest absolute Gasteiger partial charge is 0.496 e. The van der Waals surface area contributed by atoms with Gasteiger partial charge in [0.2, 0.25) is 0 Å². The van der Waals surface area contributed by atoms with Crippen molar-refractivity contribution in [3.63, 3.8) is 0 Å². The molecule has 110 valence electrons. The van der Waals surface area contributed by atoms with Gasteiger partial charge in [0.25, 0.3) is 5.91 Å². The monoisotopic (exact) mass is 432 g/mol. The van der Waals surface area contributed by atoms with Crippen LogP contribution in [0.25, 0.3) is 0 Å². The van der Waals surface area contributed by atoms with Crippen LogP contribution in [0.4, 0.5) is 11.4 Å². The lowest BCUT2D eigenvalue weighted by Gasteiger charge is -2.13. The third-order valence-corrected chi connectivity index (χ3v) is 4.20. The molecule has 3 N–H and O–H groups in total. The minimum absolute atomic E-state index is 0.310. The zero-order valence-corrected chi connectivity index (χ0v) is 14.8. The summed E-state index contributed by atoms with van der Waals surface area (Å²) in [7, 11) is 1.48. The van der Waals surface area contributed by atoms with Crippen LogP contribution in [0.3, 0.4) is 0 Å². The molecule has 0 saturated heterocycles. The molecule has 0 aromatic heterocycles. The van der Waals surface area contributed by atoms with Crippen LogP contribution in [0, 0.1) is 0 Å². The van der Waals surface area contributed by atoms with E-state index in [-0.39, 0.29) is 5.91 Å². The summed E-state index contributed by atoms with van der Waals surface area (Å²) in [6.07, 6.45) is 0. The Morgan fingerprint density at radius 2 is 1.86 bits per heavy atom. The van der Waals surface area contributed by atoms with Gasteiger partial charge in [0.1, 0.15) is 5.75 Å². The minimum atomic E-state index is -0.310. The number of hydrogen-bond donors (Lipinski definition) is 2. The van der Waals surface area contributed by atoms with E-state index in [1.165, 1.54) is 7.11 Å². The molecule has 0 saturated carbocycles. The first-order valence-electron chi connectivity index (χ1n) is 5.81. The molecule has 0 heterocycles. The molecule has 2 aromatic carbocycles. The van der Waals surface area contributed by atoms with E-state index < -0.39 is 0 Å². The van der Waals surface area contributed by atoms with E-state index in [0.717, 1.165) is 0 Å². The number of carbonyl (C=O) groups is 1. The van der Waals surface area contributed by atoms with Crippen molar-refractivity contribution >= 4 is 60.7 Å². The van der Waals surface area contributed by atoms with Crippen LogP contribution in [0.2, 0.25) is 5.02 Å². The Hall–Kier alpha value is -1.24. The average Bonchev–Trinajstić information content (AvgIpc) is 2.42. The number of amides is 1. The topological polar surface area (TPSA) is 64.3 Å². The van der Waals surface area contributed by atoms with Gasteiger partial charge in [0.15, 0.2) is 0 Å². The third-order valence-electron chi connectivity index (χ3n) is 2.71. The van der Waals surface area contributed by atoms with Gasteiger partial charge in [-0.15, -0.1) is 0 Å². The molecule has 0 aliphatic rings. The maximum Gasteiger partial charge on any atom is 0.259 e. The van der Waals surface area contributed by atoms with Crippen molar-refractivity contribution in [3.05, 3.63) is 49.9 Å². The maximum atomic E-state index is 12.4. The quantitative estimate of drug-likeness (QED) is 0.688. The summed E-state index contributed by atoms with van der Waals surface area (Å²) in [4.78, 5) is 12.4. The Kier molecular flexibility index (Phi) is 5.13. The summed E-state index contributed by atoms with van der Waals surface area (Å²) in [6.45, 7) is 0. The van der Waals surface area contributed by atoms with Crippen LogP contribution >= 0.6 is 43.5 Å². The van der Waals surface area contributed by atoms with Crippen LogP contribution in [-0.2, 0) is 0 Å². The zero-order chi connectivity index (χ0) is 15.6. The number of nitrogens with two attached hydrogens (primary N) is 1. The molecule has 21 heavy (non-hydrogen) atoms.